The average molecular weight is 684 g/mol. The van der Waals surface area contributed by atoms with Gasteiger partial charge in [-0.15, -0.1) is 24.8 Å². The summed E-state index contributed by atoms with van der Waals surface area (Å²) in [5, 5.41) is 5.13. The first-order chi connectivity index (χ1) is 17.4. The van der Waals surface area contributed by atoms with E-state index in [0.717, 1.165) is 12.2 Å². The van der Waals surface area contributed by atoms with Crippen LogP contribution in [0.2, 0.25) is 19.6 Å². The van der Waals surface area contributed by atoms with Gasteiger partial charge in [0.1, 0.15) is 0 Å². The topological polar surface area (TPSA) is 18.5 Å². The number of rotatable bonds is 5. The second-order valence-corrected chi connectivity index (χ2v) is 14.6. The Kier molecular flexibility index (Phi) is 13.7. The third-order valence-electron chi connectivity index (χ3n) is 6.69. The van der Waals surface area contributed by atoms with Gasteiger partial charge in [-0.2, -0.15) is 0 Å². The van der Waals surface area contributed by atoms with Gasteiger partial charge < -0.3 is 24.0 Å². The molecule has 210 valence electrons. The number of benzene rings is 4. The summed E-state index contributed by atoms with van der Waals surface area (Å²) in [6.45, 7) is 11.7. The van der Waals surface area contributed by atoms with E-state index in [0.29, 0.717) is 0 Å². The zero-order valence-corrected chi connectivity index (χ0v) is 30.1. The molecule has 0 aromatic heterocycles. The second kappa shape index (κ2) is 15.0. The first kappa shape index (κ1) is 36.4. The molecule has 1 atom stereocenters. The first-order valence-electron chi connectivity index (χ1n) is 12.3. The molecule has 2 radical (unpaired) electrons. The number of hydrogen-bond acceptors (Lipinski definition) is 2. The molecule has 0 bridgehead atoms. The van der Waals surface area contributed by atoms with Crippen molar-refractivity contribution in [3.63, 3.8) is 0 Å². The number of hydrogen-bond donors (Lipinski definition) is 0. The van der Waals surface area contributed by atoms with E-state index in [1.165, 1.54) is 78.3 Å². The van der Waals surface area contributed by atoms with Gasteiger partial charge >= 0.3 is 30.2 Å². The van der Waals surface area contributed by atoms with Crippen molar-refractivity contribution in [1.82, 2.24) is 0 Å². The number of ether oxygens (including phenoxy) is 1. The molecule has 0 aliphatic heterocycles. The molecule has 0 amide bonds. The van der Waals surface area contributed by atoms with Crippen molar-refractivity contribution in [2.75, 3.05) is 0 Å². The summed E-state index contributed by atoms with van der Waals surface area (Å²) in [7, 11) is -1.74. The molecular weight excluding hydrogens is 647 g/mol. The molecule has 0 spiro atoms. The molecule has 0 fully saturated rings. The Morgan fingerprint density at radius 3 is 1.85 bits per heavy atom. The van der Waals surface area contributed by atoms with Gasteiger partial charge in [0.25, 0.3) is 0 Å². The molecule has 1 unspecified atom stereocenters. The van der Waals surface area contributed by atoms with Crippen LogP contribution in [0.1, 0.15) is 18.1 Å². The maximum atomic E-state index is 6.58. The number of halogens is 2. The predicted octanol–water partition coefficient (Wildman–Crippen LogP) is 9.89. The van der Waals surface area contributed by atoms with Crippen LogP contribution in [0.5, 0.6) is 5.75 Å². The quantitative estimate of drug-likeness (QED) is 0.102. The normalized spacial score (nSPS) is 11.8. The van der Waals surface area contributed by atoms with Gasteiger partial charge in [0.15, 0.2) is 14.6 Å². The van der Waals surface area contributed by atoms with E-state index in [9.17, 15) is 0 Å². The zero-order chi connectivity index (χ0) is 25.4. The summed E-state index contributed by atoms with van der Waals surface area (Å²) in [4.78, 5) is 0. The molecule has 0 N–H and O–H groups in total. The van der Waals surface area contributed by atoms with E-state index in [-0.39, 0.29) is 46.0 Å². The van der Waals surface area contributed by atoms with Crippen LogP contribution < -0.4 is 4.74 Å². The summed E-state index contributed by atoms with van der Waals surface area (Å²) < 4.78 is 12.9. The van der Waals surface area contributed by atoms with Crippen molar-refractivity contribution in [1.29, 1.82) is 0 Å². The van der Waals surface area contributed by atoms with Crippen molar-refractivity contribution in [3.05, 3.63) is 111 Å². The molecular formula is C33H37Cl2O2Si2Zr-3. The monoisotopic (exact) mass is 681 g/mol. The van der Waals surface area contributed by atoms with Gasteiger partial charge in [-0.05, 0) is 61.3 Å². The molecule has 7 heteroatoms. The van der Waals surface area contributed by atoms with Gasteiger partial charge in [-0.25, -0.2) is 0 Å². The van der Waals surface area contributed by atoms with Crippen molar-refractivity contribution >= 4 is 61.6 Å². The van der Waals surface area contributed by atoms with E-state index >= 15 is 0 Å². The molecule has 1 aliphatic carbocycles. The fourth-order valence-corrected chi connectivity index (χ4v) is 6.59. The van der Waals surface area contributed by atoms with Crippen LogP contribution in [-0.2, 0) is 34.2 Å². The Bertz CT molecular complexity index is 1520. The van der Waals surface area contributed by atoms with Gasteiger partial charge in [0, 0.05) is 0 Å². The van der Waals surface area contributed by atoms with Gasteiger partial charge in [0.2, 0.25) is 0 Å². The molecule has 0 saturated heterocycles. The molecule has 0 saturated carbocycles. The summed E-state index contributed by atoms with van der Waals surface area (Å²) in [6, 6.07) is 30.6. The van der Waals surface area contributed by atoms with Crippen LogP contribution in [-0.4, -0.2) is 21.5 Å². The van der Waals surface area contributed by atoms with E-state index in [1.807, 2.05) is 6.92 Å². The summed E-state index contributed by atoms with van der Waals surface area (Å²) in [6.07, 6.45) is 0.606. The molecule has 2 nitrogen and oxygen atoms in total. The van der Waals surface area contributed by atoms with Gasteiger partial charge in [-0.1, -0.05) is 112 Å². The van der Waals surface area contributed by atoms with Crippen LogP contribution in [0.15, 0.2) is 84.9 Å². The van der Waals surface area contributed by atoms with Crippen molar-refractivity contribution in [2.45, 2.75) is 39.3 Å². The van der Waals surface area contributed by atoms with E-state index in [1.54, 1.807) is 0 Å². The van der Waals surface area contributed by atoms with E-state index in [2.05, 4.69) is 111 Å². The second-order valence-electron chi connectivity index (χ2n) is 10.2. The maximum absolute atomic E-state index is 6.58. The van der Waals surface area contributed by atoms with Crippen LogP contribution in [0.3, 0.4) is 0 Å². The number of fused-ring (bicyclic) bond motifs is 6. The first-order valence-corrected chi connectivity index (χ1v) is 19.9. The summed E-state index contributed by atoms with van der Waals surface area (Å²) in [5.41, 5.74) is 7.84. The average Bonchev–Trinajstić information content (AvgIpc) is 3.40. The van der Waals surface area contributed by atoms with Gasteiger partial charge in [0.05, 0.1) is 5.75 Å². The zero-order valence-electron chi connectivity index (χ0n) is 24.0. The van der Waals surface area contributed by atoms with Crippen molar-refractivity contribution in [3.8, 4) is 28.0 Å². The van der Waals surface area contributed by atoms with Crippen LogP contribution >= 0.6 is 24.8 Å². The Labute approximate surface area is 270 Å². The van der Waals surface area contributed by atoms with Crippen molar-refractivity contribution < 1.29 is 32.5 Å². The molecule has 40 heavy (non-hydrogen) atoms. The molecule has 0 heterocycles. The molecule has 5 aromatic rings. The Hall–Kier alpha value is -1.59. The third kappa shape index (κ3) is 6.89. The molecule has 1 aliphatic rings. The molecule has 5 aromatic carbocycles. The fourth-order valence-electron chi connectivity index (χ4n) is 5.55. The standard InChI is InChI=1S/C31H29O2Si.2CH3.2ClH.Si.Zr/c1-20(33-34(2,3)4)32-29-18-17-25-22-12-6-5-11-21(22)19-28(25)31(29)30-26-15-9-7-13-23(26)24-14-8-10-16-27(24)30;;;;;;/h5-18,20H,19H2,1-4H3;2*1H3;2*1H;;/q3*-1;;;;. The Morgan fingerprint density at radius 1 is 0.750 bits per heavy atom. The van der Waals surface area contributed by atoms with Gasteiger partial charge in [-0.3, -0.25) is 0 Å². The summed E-state index contributed by atoms with van der Waals surface area (Å²) >= 11 is 1.36. The minimum absolute atomic E-state index is 0. The van der Waals surface area contributed by atoms with Crippen LogP contribution in [0.4, 0.5) is 0 Å². The van der Waals surface area contributed by atoms with Crippen LogP contribution in [0, 0.1) is 14.9 Å². The SMILES string of the molecule is CC(Oc1ccc2c(c1-[c-]1c3ccccc3c3ccccc31)Cc1ccccc1-2)O[Si](C)(C)C.Cl.Cl.[CH3-].[CH3-].[Si]=[Zr]. The Morgan fingerprint density at radius 2 is 1.27 bits per heavy atom. The minimum atomic E-state index is -1.74. The molecule has 6 rings (SSSR count). The predicted molar refractivity (Wildman–Crippen MR) is 178 cm³/mol. The van der Waals surface area contributed by atoms with Crippen molar-refractivity contribution in [2.24, 2.45) is 0 Å². The fraction of sp³-hybridized carbons (Fsp3) is 0.182. The summed E-state index contributed by atoms with van der Waals surface area (Å²) in [5.74, 6) is 0.902. The van der Waals surface area contributed by atoms with E-state index < -0.39 is 8.32 Å². The third-order valence-corrected chi connectivity index (χ3v) is 7.73. The Balaban J connectivity index is 0.00000131. The van der Waals surface area contributed by atoms with E-state index in [4.69, 9.17) is 9.16 Å². The van der Waals surface area contributed by atoms with Crippen LogP contribution in [0.25, 0.3) is 43.8 Å².